The first-order valence-electron chi connectivity index (χ1n) is 10.6. The largest absolute Gasteiger partial charge is 0.436 e. The van der Waals surface area contributed by atoms with Gasteiger partial charge in [-0.25, -0.2) is 4.39 Å². The summed E-state index contributed by atoms with van der Waals surface area (Å²) in [5.74, 6) is -0.909. The van der Waals surface area contributed by atoms with Crippen molar-refractivity contribution in [3.63, 3.8) is 0 Å². The summed E-state index contributed by atoms with van der Waals surface area (Å²) in [6, 6.07) is 4.08. The molecule has 6 nitrogen and oxygen atoms in total. The molecule has 1 aliphatic rings. The van der Waals surface area contributed by atoms with Crippen molar-refractivity contribution < 1.29 is 22.4 Å². The van der Waals surface area contributed by atoms with Crippen LogP contribution in [0.15, 0.2) is 18.2 Å². The summed E-state index contributed by atoms with van der Waals surface area (Å²) in [5, 5.41) is 10.7. The molecule has 0 bridgehead atoms. The maximum atomic E-state index is 13.3. The molecule has 0 atom stereocenters. The normalized spacial score (nSPS) is 14.0. The van der Waals surface area contributed by atoms with E-state index in [1.54, 1.807) is 24.6 Å². The molecule has 0 spiro atoms. The van der Waals surface area contributed by atoms with Crippen molar-refractivity contribution in [2.45, 2.75) is 58.3 Å². The molecule has 12 heteroatoms. The van der Waals surface area contributed by atoms with Crippen LogP contribution < -0.4 is 5.32 Å². The van der Waals surface area contributed by atoms with Gasteiger partial charge in [0.2, 0.25) is 5.91 Å². The second-order valence-electron chi connectivity index (χ2n) is 8.28. The molecule has 2 aromatic heterocycles. The van der Waals surface area contributed by atoms with Crippen molar-refractivity contribution in [1.82, 2.24) is 19.6 Å². The van der Waals surface area contributed by atoms with E-state index < -0.39 is 23.6 Å². The molecular weight excluding hydrogens is 497 g/mol. The van der Waals surface area contributed by atoms with Crippen molar-refractivity contribution >= 4 is 34.8 Å². The van der Waals surface area contributed by atoms with Crippen molar-refractivity contribution in [2.24, 2.45) is 0 Å². The molecule has 0 aliphatic heterocycles. The zero-order valence-corrected chi connectivity index (χ0v) is 19.8. The van der Waals surface area contributed by atoms with Crippen LogP contribution in [0.2, 0.25) is 10.0 Å². The molecule has 4 rings (SSSR count). The molecule has 1 N–H and O–H groups in total. The maximum absolute atomic E-state index is 13.3. The molecule has 34 heavy (non-hydrogen) atoms. The number of aromatic nitrogens is 4. The minimum atomic E-state index is -4.66. The van der Waals surface area contributed by atoms with E-state index in [4.69, 9.17) is 23.2 Å². The summed E-state index contributed by atoms with van der Waals surface area (Å²) in [6.45, 7) is 3.73. The van der Waals surface area contributed by atoms with E-state index in [0.717, 1.165) is 12.8 Å². The third-order valence-corrected chi connectivity index (χ3v) is 6.42. The molecule has 0 saturated heterocycles. The van der Waals surface area contributed by atoms with Crippen LogP contribution in [0.4, 0.5) is 23.2 Å². The number of amides is 1. The van der Waals surface area contributed by atoms with Crippen LogP contribution in [-0.4, -0.2) is 25.5 Å². The number of hydrogen-bond acceptors (Lipinski definition) is 3. The van der Waals surface area contributed by atoms with Crippen LogP contribution in [0.5, 0.6) is 0 Å². The lowest BCUT2D eigenvalue weighted by Crippen LogP contribution is -2.17. The van der Waals surface area contributed by atoms with Gasteiger partial charge in [0.05, 0.1) is 40.9 Å². The highest BCUT2D eigenvalue weighted by atomic mass is 35.5. The fourth-order valence-corrected chi connectivity index (χ4v) is 4.43. The molecule has 0 unspecified atom stereocenters. The standard InChI is InChI=1S/C22H21Cl2F4N5O/c1-11-19(12(2)33(30-11)10-14-5-6-15(25)9-16(14)23)29-17(34)7-8-32-20(13-3-4-13)18(24)21(31-32)22(26,27)28/h5-6,9,13H,3-4,7-8,10H2,1-2H3,(H,29,34). The number of halogens is 6. The van der Waals surface area contributed by atoms with Gasteiger partial charge in [0.15, 0.2) is 5.69 Å². The van der Waals surface area contributed by atoms with Gasteiger partial charge >= 0.3 is 6.18 Å². The fourth-order valence-electron chi connectivity index (χ4n) is 3.80. The number of hydrogen-bond donors (Lipinski definition) is 1. The van der Waals surface area contributed by atoms with Crippen LogP contribution in [0, 0.1) is 19.7 Å². The Morgan fingerprint density at radius 2 is 1.88 bits per heavy atom. The van der Waals surface area contributed by atoms with Crippen LogP contribution in [-0.2, 0) is 24.1 Å². The lowest BCUT2D eigenvalue weighted by Gasteiger charge is -2.10. The Hall–Kier alpha value is -2.59. The highest BCUT2D eigenvalue weighted by Crippen LogP contribution is 2.46. The average molecular weight is 518 g/mol. The second kappa shape index (κ2) is 9.22. The first-order chi connectivity index (χ1) is 16.0. The summed E-state index contributed by atoms with van der Waals surface area (Å²) < 4.78 is 55.8. The first kappa shape index (κ1) is 24.5. The summed E-state index contributed by atoms with van der Waals surface area (Å²) >= 11 is 12.1. The first-order valence-corrected chi connectivity index (χ1v) is 11.3. The van der Waals surface area contributed by atoms with E-state index in [-0.39, 0.29) is 35.5 Å². The van der Waals surface area contributed by atoms with E-state index in [1.165, 1.54) is 16.8 Å². The molecule has 0 radical (unpaired) electrons. The fraction of sp³-hybridized carbons (Fsp3) is 0.409. The molecule has 1 aliphatic carbocycles. The van der Waals surface area contributed by atoms with E-state index in [1.807, 2.05) is 0 Å². The molecule has 1 aromatic carbocycles. The quantitative estimate of drug-likeness (QED) is 0.384. The molecule has 1 saturated carbocycles. The highest BCUT2D eigenvalue weighted by molar-refractivity contribution is 6.32. The van der Waals surface area contributed by atoms with Crippen LogP contribution in [0.3, 0.4) is 0 Å². The van der Waals surface area contributed by atoms with E-state index in [9.17, 15) is 22.4 Å². The number of nitrogens with zero attached hydrogens (tertiary/aromatic N) is 4. The Balaban J connectivity index is 1.46. The highest BCUT2D eigenvalue weighted by Gasteiger charge is 2.42. The Morgan fingerprint density at radius 1 is 1.18 bits per heavy atom. The number of carbonyl (C=O) groups is 1. The van der Waals surface area contributed by atoms with Gasteiger partial charge in [0.1, 0.15) is 5.82 Å². The monoisotopic (exact) mass is 517 g/mol. The Labute approximate surface area is 202 Å². The number of carbonyl (C=O) groups excluding carboxylic acids is 1. The lowest BCUT2D eigenvalue weighted by molar-refractivity contribution is -0.141. The zero-order valence-electron chi connectivity index (χ0n) is 18.3. The summed E-state index contributed by atoms with van der Waals surface area (Å²) in [5.41, 5.74) is 1.59. The summed E-state index contributed by atoms with van der Waals surface area (Å²) in [4.78, 5) is 12.6. The molecule has 182 valence electrons. The third-order valence-electron chi connectivity index (χ3n) is 5.70. The number of anilines is 1. The number of benzene rings is 1. The SMILES string of the molecule is Cc1nn(Cc2ccc(F)cc2Cl)c(C)c1NC(=O)CCn1nc(C(F)(F)F)c(Cl)c1C1CC1. The van der Waals surface area contributed by atoms with Crippen molar-refractivity contribution in [1.29, 1.82) is 0 Å². The van der Waals surface area contributed by atoms with Gasteiger partial charge in [-0.1, -0.05) is 29.3 Å². The lowest BCUT2D eigenvalue weighted by atomic mass is 10.2. The van der Waals surface area contributed by atoms with Crippen molar-refractivity contribution in [3.05, 3.63) is 62.4 Å². The molecule has 3 aromatic rings. The molecule has 2 heterocycles. The topological polar surface area (TPSA) is 64.7 Å². The van der Waals surface area contributed by atoms with E-state index in [2.05, 4.69) is 15.5 Å². The van der Waals surface area contributed by atoms with Gasteiger partial charge in [-0.3, -0.25) is 14.2 Å². The van der Waals surface area contributed by atoms with Gasteiger partial charge in [-0.05, 0) is 44.4 Å². The van der Waals surface area contributed by atoms with Gasteiger partial charge in [-0.2, -0.15) is 23.4 Å². The van der Waals surface area contributed by atoms with Crippen molar-refractivity contribution in [2.75, 3.05) is 5.32 Å². The predicted molar refractivity (Wildman–Crippen MR) is 120 cm³/mol. The predicted octanol–water partition coefficient (Wildman–Crippen LogP) is 6.12. The minimum absolute atomic E-state index is 0.0368. The van der Waals surface area contributed by atoms with Gasteiger partial charge in [0, 0.05) is 17.4 Å². The van der Waals surface area contributed by atoms with Crippen LogP contribution in [0.1, 0.15) is 53.5 Å². The summed E-state index contributed by atoms with van der Waals surface area (Å²) in [6.07, 6.45) is -3.28. The average Bonchev–Trinajstić information content (AvgIpc) is 3.47. The van der Waals surface area contributed by atoms with Gasteiger partial charge in [0.25, 0.3) is 0 Å². The Kier molecular flexibility index (Phi) is 6.65. The molecular formula is C22H21Cl2F4N5O. The second-order valence-corrected chi connectivity index (χ2v) is 9.07. The molecule has 1 amide bonds. The van der Waals surface area contributed by atoms with Gasteiger partial charge in [-0.15, -0.1) is 0 Å². The third kappa shape index (κ3) is 5.07. The van der Waals surface area contributed by atoms with Crippen LogP contribution >= 0.6 is 23.2 Å². The minimum Gasteiger partial charge on any atom is -0.323 e. The summed E-state index contributed by atoms with van der Waals surface area (Å²) in [7, 11) is 0. The smallest absolute Gasteiger partial charge is 0.323 e. The number of rotatable bonds is 7. The van der Waals surface area contributed by atoms with Gasteiger partial charge < -0.3 is 5.32 Å². The number of nitrogens with one attached hydrogen (secondary N) is 1. The Bertz CT molecular complexity index is 1250. The number of alkyl halides is 3. The van der Waals surface area contributed by atoms with Crippen molar-refractivity contribution in [3.8, 4) is 0 Å². The van der Waals surface area contributed by atoms with E-state index >= 15 is 0 Å². The maximum Gasteiger partial charge on any atom is 0.436 e. The molecule has 1 fully saturated rings. The van der Waals surface area contributed by atoms with Crippen LogP contribution in [0.25, 0.3) is 0 Å². The number of aryl methyl sites for hydroxylation is 2. The van der Waals surface area contributed by atoms with E-state index in [0.29, 0.717) is 28.3 Å². The Morgan fingerprint density at radius 3 is 2.50 bits per heavy atom. The zero-order chi connectivity index (χ0) is 24.8.